The third kappa shape index (κ3) is 4.29. The Balaban J connectivity index is 5.28. The summed E-state index contributed by atoms with van der Waals surface area (Å²) >= 11 is 0. The predicted octanol–water partition coefficient (Wildman–Crippen LogP) is 2.25. The smallest absolute Gasteiger partial charge is 0.324 e. The van der Waals surface area contributed by atoms with Crippen molar-refractivity contribution in [1.82, 2.24) is 0 Å². The van der Waals surface area contributed by atoms with Crippen LogP contribution in [0.25, 0.3) is 0 Å². The summed E-state index contributed by atoms with van der Waals surface area (Å²) in [4.78, 5) is 23.9. The Hall–Kier alpha value is -2.02. The molecule has 104 valence electrons. The Morgan fingerprint density at radius 2 is 1.84 bits per heavy atom. The largest absolute Gasteiger partial charge is 0.468 e. The molecule has 0 radical (unpaired) electrons. The molecule has 0 amide bonds. The van der Waals surface area contributed by atoms with Gasteiger partial charge >= 0.3 is 11.9 Å². The number of ether oxygens (including phenoxy) is 2. The summed E-state index contributed by atoms with van der Waals surface area (Å²) in [5, 5.41) is 0. The van der Waals surface area contributed by atoms with E-state index in [1.54, 1.807) is 6.08 Å². The normalized spacial score (nSPS) is 10.2. The summed E-state index contributed by atoms with van der Waals surface area (Å²) < 4.78 is 9.40. The lowest BCUT2D eigenvalue weighted by Gasteiger charge is -2.27. The summed E-state index contributed by atoms with van der Waals surface area (Å²) in [6, 6.07) is 0. The first-order valence-electron chi connectivity index (χ1n) is 5.86. The molecule has 0 N–H and O–H groups in total. The summed E-state index contributed by atoms with van der Waals surface area (Å²) in [6.45, 7) is 7.47. The number of terminal acetylenes is 1. The minimum atomic E-state index is -1.50. The molecule has 0 saturated carbocycles. The Morgan fingerprint density at radius 3 is 2.21 bits per heavy atom. The van der Waals surface area contributed by atoms with Gasteiger partial charge < -0.3 is 9.47 Å². The van der Waals surface area contributed by atoms with E-state index in [9.17, 15) is 9.59 Å². The van der Waals surface area contributed by atoms with Crippen LogP contribution in [0, 0.1) is 17.8 Å². The number of esters is 2. The molecule has 0 heterocycles. The number of allylic oxidation sites excluding steroid dienone is 2. The number of rotatable bonds is 8. The Morgan fingerprint density at radius 1 is 1.32 bits per heavy atom. The molecule has 0 aliphatic rings. The van der Waals surface area contributed by atoms with Crippen molar-refractivity contribution in [2.24, 2.45) is 5.41 Å². The summed E-state index contributed by atoms with van der Waals surface area (Å²) in [5.74, 6) is 0.943. The number of carbonyl (C=O) groups is 2. The number of methoxy groups -OCH3 is 2. The highest BCUT2D eigenvalue weighted by molar-refractivity contribution is 6.00. The molecule has 0 unspecified atom stereocenters. The molecule has 0 atom stereocenters. The van der Waals surface area contributed by atoms with Crippen LogP contribution in [0.5, 0.6) is 0 Å². The lowest BCUT2D eigenvalue weighted by molar-refractivity contribution is -0.168. The molecule has 0 bridgehead atoms. The minimum Gasteiger partial charge on any atom is -0.468 e. The van der Waals surface area contributed by atoms with Crippen LogP contribution >= 0.6 is 0 Å². The maximum absolute atomic E-state index is 12.0. The average molecular weight is 264 g/mol. The van der Waals surface area contributed by atoms with Crippen LogP contribution < -0.4 is 0 Å². The molecular formula is C15H20O4. The third-order valence-corrected chi connectivity index (χ3v) is 2.81. The van der Waals surface area contributed by atoms with Crippen LogP contribution in [-0.2, 0) is 19.1 Å². The fraction of sp³-hybridized carbons (Fsp3) is 0.467. The molecule has 19 heavy (non-hydrogen) atoms. The molecule has 0 aromatic rings. The van der Waals surface area contributed by atoms with Gasteiger partial charge in [-0.05, 0) is 19.3 Å². The molecular weight excluding hydrogens is 244 g/mol. The van der Waals surface area contributed by atoms with Crippen molar-refractivity contribution in [1.29, 1.82) is 0 Å². The van der Waals surface area contributed by atoms with Crippen molar-refractivity contribution in [2.45, 2.75) is 25.7 Å². The van der Waals surface area contributed by atoms with Crippen LogP contribution in [0.2, 0.25) is 0 Å². The van der Waals surface area contributed by atoms with Gasteiger partial charge in [-0.15, -0.1) is 18.9 Å². The molecule has 0 rings (SSSR count). The molecule has 0 aromatic carbocycles. The quantitative estimate of drug-likeness (QED) is 0.292. The number of hydrogen-bond donors (Lipinski definition) is 0. The highest BCUT2D eigenvalue weighted by Crippen LogP contribution is 2.34. The van der Waals surface area contributed by atoms with Crippen molar-refractivity contribution in [3.63, 3.8) is 0 Å². The van der Waals surface area contributed by atoms with Crippen molar-refractivity contribution in [2.75, 3.05) is 14.2 Å². The van der Waals surface area contributed by atoms with Gasteiger partial charge in [0.15, 0.2) is 5.41 Å². The first kappa shape index (κ1) is 17.0. The van der Waals surface area contributed by atoms with E-state index in [2.05, 4.69) is 19.1 Å². The van der Waals surface area contributed by atoms with Gasteiger partial charge in [0.05, 0.1) is 14.2 Å². The van der Waals surface area contributed by atoms with E-state index < -0.39 is 17.4 Å². The maximum atomic E-state index is 12.0. The van der Waals surface area contributed by atoms with Gasteiger partial charge in [-0.25, -0.2) is 0 Å². The lowest BCUT2D eigenvalue weighted by atomic mass is 9.78. The number of carbonyl (C=O) groups excluding carboxylic acids is 2. The van der Waals surface area contributed by atoms with Crippen molar-refractivity contribution >= 4 is 11.9 Å². The highest BCUT2D eigenvalue weighted by atomic mass is 16.5. The monoisotopic (exact) mass is 264 g/mol. The van der Waals surface area contributed by atoms with Crippen LogP contribution in [-0.4, -0.2) is 26.2 Å². The second-order valence-corrected chi connectivity index (χ2v) is 4.20. The van der Waals surface area contributed by atoms with Crippen LogP contribution in [0.3, 0.4) is 0 Å². The van der Waals surface area contributed by atoms with Gasteiger partial charge in [0.1, 0.15) is 0 Å². The van der Waals surface area contributed by atoms with E-state index in [0.717, 1.165) is 5.57 Å². The zero-order valence-corrected chi connectivity index (χ0v) is 11.5. The second kappa shape index (κ2) is 8.15. The Bertz CT molecular complexity index is 385. The first-order chi connectivity index (χ1) is 8.98. The van der Waals surface area contributed by atoms with Crippen molar-refractivity contribution < 1.29 is 19.1 Å². The maximum Gasteiger partial charge on any atom is 0.324 e. The van der Waals surface area contributed by atoms with Gasteiger partial charge in [0.2, 0.25) is 0 Å². The van der Waals surface area contributed by atoms with Gasteiger partial charge in [-0.2, -0.15) is 0 Å². The summed E-state index contributed by atoms with van der Waals surface area (Å²) in [6.07, 6.45) is 8.38. The first-order valence-corrected chi connectivity index (χ1v) is 5.86. The molecule has 0 aliphatic heterocycles. The third-order valence-electron chi connectivity index (χ3n) is 2.81. The molecule has 0 fully saturated rings. The topological polar surface area (TPSA) is 52.6 Å². The lowest BCUT2D eigenvalue weighted by Crippen LogP contribution is -2.41. The van der Waals surface area contributed by atoms with Crippen LogP contribution in [0.15, 0.2) is 24.8 Å². The van der Waals surface area contributed by atoms with E-state index in [-0.39, 0.29) is 12.8 Å². The second-order valence-electron chi connectivity index (χ2n) is 4.20. The van der Waals surface area contributed by atoms with E-state index in [4.69, 9.17) is 15.9 Å². The molecule has 4 nitrogen and oxygen atoms in total. The van der Waals surface area contributed by atoms with Crippen molar-refractivity contribution in [3.05, 3.63) is 24.8 Å². The van der Waals surface area contributed by atoms with E-state index in [0.29, 0.717) is 12.8 Å². The summed E-state index contributed by atoms with van der Waals surface area (Å²) in [7, 11) is 2.42. The predicted molar refractivity (Wildman–Crippen MR) is 73.1 cm³/mol. The Kier molecular flexibility index (Phi) is 7.28. The summed E-state index contributed by atoms with van der Waals surface area (Å²) in [5.41, 5.74) is -0.776. The molecule has 4 heteroatoms. The SMILES string of the molecule is C#CCC(CC(=C)CCC=C)(C(=O)OC)C(=O)OC. The van der Waals surface area contributed by atoms with Gasteiger partial charge in [-0.3, -0.25) is 9.59 Å². The van der Waals surface area contributed by atoms with E-state index in [1.165, 1.54) is 14.2 Å². The fourth-order valence-corrected chi connectivity index (χ4v) is 1.82. The highest BCUT2D eigenvalue weighted by Gasteiger charge is 2.48. The zero-order chi connectivity index (χ0) is 14.9. The zero-order valence-electron chi connectivity index (χ0n) is 11.5. The van der Waals surface area contributed by atoms with Crippen molar-refractivity contribution in [3.8, 4) is 12.3 Å². The van der Waals surface area contributed by atoms with Crippen LogP contribution in [0.1, 0.15) is 25.7 Å². The molecule has 0 saturated heterocycles. The molecule has 0 spiro atoms. The molecule has 0 aliphatic carbocycles. The minimum absolute atomic E-state index is 0.0839. The number of hydrogen-bond acceptors (Lipinski definition) is 4. The van der Waals surface area contributed by atoms with Gasteiger partial charge in [-0.1, -0.05) is 18.2 Å². The fourth-order valence-electron chi connectivity index (χ4n) is 1.82. The van der Waals surface area contributed by atoms with Crippen LogP contribution in [0.4, 0.5) is 0 Å². The Labute approximate surface area is 114 Å². The molecule has 0 aromatic heterocycles. The van der Waals surface area contributed by atoms with E-state index >= 15 is 0 Å². The standard InChI is InChI=1S/C15H20O4/c1-6-8-9-12(3)11-15(10-7-2,13(16)18-4)14(17)19-5/h2,6H,1,3,8-11H2,4-5H3. The van der Waals surface area contributed by atoms with Gasteiger partial charge in [0.25, 0.3) is 0 Å². The van der Waals surface area contributed by atoms with E-state index in [1.807, 2.05) is 0 Å². The average Bonchev–Trinajstić information content (AvgIpc) is 2.42. The van der Waals surface area contributed by atoms with Gasteiger partial charge in [0, 0.05) is 6.42 Å².